The second-order valence-corrected chi connectivity index (χ2v) is 8.88. The number of halogens is 1. The molecule has 9 nitrogen and oxygen atoms in total. The number of piperidine rings is 1. The molecule has 3 heterocycles. The van der Waals surface area contributed by atoms with E-state index in [4.69, 9.17) is 14.0 Å². The molecule has 0 bridgehead atoms. The van der Waals surface area contributed by atoms with Crippen molar-refractivity contribution < 1.29 is 28.3 Å². The van der Waals surface area contributed by atoms with Gasteiger partial charge in [0.25, 0.3) is 5.95 Å². The number of benzene rings is 1. The van der Waals surface area contributed by atoms with Crippen molar-refractivity contribution in [3.05, 3.63) is 35.5 Å². The molecule has 1 N–H and O–H groups in total. The molecule has 1 amide bonds. The normalized spacial score (nSPS) is 17.5. The van der Waals surface area contributed by atoms with E-state index in [9.17, 15) is 14.3 Å². The predicted octanol–water partition coefficient (Wildman–Crippen LogP) is 2.14. The highest BCUT2D eigenvalue weighted by Crippen LogP contribution is 2.22. The summed E-state index contributed by atoms with van der Waals surface area (Å²) in [6.45, 7) is 6.98. The van der Waals surface area contributed by atoms with Crippen LogP contribution in [0.3, 0.4) is 0 Å². The number of rotatable bonds is 9. The van der Waals surface area contributed by atoms with Crippen LogP contribution >= 0.6 is 0 Å². The Bertz CT molecular complexity index is 939. The predicted molar refractivity (Wildman–Crippen MR) is 118 cm³/mol. The second-order valence-electron chi connectivity index (χ2n) is 8.88. The van der Waals surface area contributed by atoms with Crippen LogP contribution in [0, 0.1) is 5.82 Å². The van der Waals surface area contributed by atoms with Gasteiger partial charge in [-0.15, -0.1) is 0 Å². The fourth-order valence-corrected chi connectivity index (χ4v) is 3.88. The van der Waals surface area contributed by atoms with Gasteiger partial charge in [-0.2, -0.15) is 4.98 Å². The first kappa shape index (κ1) is 23.4. The molecule has 1 aromatic heterocycles. The first-order valence-corrected chi connectivity index (χ1v) is 11.5. The lowest BCUT2D eigenvalue weighted by atomic mass is 10.1. The number of aliphatic hydroxyl groups excluding tert-OH is 1. The molecule has 0 atom stereocenters. The van der Waals surface area contributed by atoms with Crippen molar-refractivity contribution in [3.8, 4) is 5.75 Å². The standard InChI is InChI=1S/C23H31FN4O5/c1-15(2)22-25-23(26-33-22)27-7-5-18(6-8-27)31-9-10-32-19-4-3-16(20(24)12-19)11-21(30)28-13-17(29)14-28/h3-4,12,15,17-18,29H,5-11,13-14H2,1-2H3. The Morgan fingerprint density at radius 2 is 2.03 bits per heavy atom. The Hall–Kier alpha value is -2.72. The van der Waals surface area contributed by atoms with Crippen molar-refractivity contribution >= 4 is 11.9 Å². The Labute approximate surface area is 192 Å². The minimum atomic E-state index is -0.475. The van der Waals surface area contributed by atoms with Gasteiger partial charge in [0.15, 0.2) is 0 Å². The molecule has 0 spiro atoms. The van der Waals surface area contributed by atoms with E-state index in [1.54, 1.807) is 12.1 Å². The number of carbonyl (C=O) groups is 1. The Kier molecular flexibility index (Phi) is 7.44. The molecule has 0 saturated carbocycles. The lowest BCUT2D eigenvalue weighted by Crippen LogP contribution is -2.54. The molecule has 10 heteroatoms. The van der Waals surface area contributed by atoms with Gasteiger partial charge in [0, 0.05) is 38.2 Å². The van der Waals surface area contributed by atoms with Gasteiger partial charge in [-0.1, -0.05) is 19.9 Å². The number of likely N-dealkylation sites (tertiary alicyclic amines) is 1. The summed E-state index contributed by atoms with van der Waals surface area (Å²) < 4.78 is 31.1. The van der Waals surface area contributed by atoms with E-state index in [-0.39, 0.29) is 24.3 Å². The van der Waals surface area contributed by atoms with E-state index in [0.717, 1.165) is 25.9 Å². The van der Waals surface area contributed by atoms with Gasteiger partial charge < -0.3 is 28.9 Å². The number of ether oxygens (including phenoxy) is 2. The third-order valence-electron chi connectivity index (χ3n) is 5.94. The topological polar surface area (TPSA) is 101 Å². The third-order valence-corrected chi connectivity index (χ3v) is 5.94. The van der Waals surface area contributed by atoms with Gasteiger partial charge in [0.05, 0.1) is 25.2 Å². The van der Waals surface area contributed by atoms with Crippen LogP contribution in [0.15, 0.2) is 22.7 Å². The molecular formula is C23H31FN4O5. The number of aliphatic hydroxyl groups is 1. The number of nitrogens with zero attached hydrogens (tertiary/aromatic N) is 4. The van der Waals surface area contributed by atoms with Crippen LogP contribution in [0.25, 0.3) is 0 Å². The number of anilines is 1. The zero-order valence-corrected chi connectivity index (χ0v) is 19.1. The first-order valence-electron chi connectivity index (χ1n) is 11.5. The molecule has 0 radical (unpaired) electrons. The van der Waals surface area contributed by atoms with E-state index >= 15 is 0 Å². The van der Waals surface area contributed by atoms with Crippen LogP contribution < -0.4 is 9.64 Å². The summed E-state index contributed by atoms with van der Waals surface area (Å²) >= 11 is 0. The van der Waals surface area contributed by atoms with E-state index in [1.807, 2.05) is 13.8 Å². The monoisotopic (exact) mass is 462 g/mol. The van der Waals surface area contributed by atoms with Crippen molar-refractivity contribution in [1.82, 2.24) is 15.0 Å². The van der Waals surface area contributed by atoms with Crippen molar-refractivity contribution in [1.29, 1.82) is 0 Å². The zero-order chi connectivity index (χ0) is 23.4. The molecule has 2 aliphatic heterocycles. The Morgan fingerprint density at radius 3 is 2.67 bits per heavy atom. The van der Waals surface area contributed by atoms with Crippen LogP contribution in [-0.2, 0) is 16.0 Å². The summed E-state index contributed by atoms with van der Waals surface area (Å²) in [6.07, 6.45) is 1.36. The molecule has 0 aliphatic carbocycles. The van der Waals surface area contributed by atoms with Gasteiger partial charge in [-0.25, -0.2) is 4.39 Å². The highest BCUT2D eigenvalue weighted by atomic mass is 19.1. The highest BCUT2D eigenvalue weighted by Gasteiger charge is 2.29. The van der Waals surface area contributed by atoms with Crippen LogP contribution in [-0.4, -0.2) is 77.7 Å². The van der Waals surface area contributed by atoms with Gasteiger partial charge in [-0.3, -0.25) is 4.79 Å². The molecular weight excluding hydrogens is 431 g/mol. The zero-order valence-electron chi connectivity index (χ0n) is 19.1. The minimum Gasteiger partial charge on any atom is -0.491 e. The van der Waals surface area contributed by atoms with Gasteiger partial charge in [0.2, 0.25) is 11.8 Å². The smallest absolute Gasteiger partial charge is 0.266 e. The average molecular weight is 463 g/mol. The molecule has 2 aliphatic rings. The molecule has 2 aromatic rings. The minimum absolute atomic E-state index is 0.0245. The number of β-amino-alcohol motifs (C(OH)–C–C–N with tert-alkyl or cyclic N) is 1. The number of hydrogen-bond donors (Lipinski definition) is 1. The van der Waals surface area contributed by atoms with Crippen LogP contribution in [0.1, 0.15) is 44.1 Å². The SMILES string of the molecule is CC(C)c1nc(N2CCC(OCCOc3ccc(CC(=O)N4CC(O)C4)c(F)c3)CC2)no1. The number of aromatic nitrogens is 2. The Balaban J connectivity index is 1.14. The molecule has 2 saturated heterocycles. The van der Waals surface area contributed by atoms with E-state index in [2.05, 4.69) is 15.0 Å². The highest BCUT2D eigenvalue weighted by molar-refractivity contribution is 5.79. The first-order chi connectivity index (χ1) is 15.9. The second kappa shape index (κ2) is 10.5. The lowest BCUT2D eigenvalue weighted by Gasteiger charge is -2.35. The van der Waals surface area contributed by atoms with Crippen LogP contribution in [0.5, 0.6) is 5.75 Å². The molecule has 2 fully saturated rings. The average Bonchev–Trinajstić information content (AvgIpc) is 3.27. The molecule has 180 valence electrons. The summed E-state index contributed by atoms with van der Waals surface area (Å²) in [5.41, 5.74) is 0.318. The van der Waals surface area contributed by atoms with Crippen molar-refractivity contribution in [2.24, 2.45) is 0 Å². The third kappa shape index (κ3) is 6.00. The largest absolute Gasteiger partial charge is 0.491 e. The van der Waals surface area contributed by atoms with Crippen molar-refractivity contribution in [3.63, 3.8) is 0 Å². The lowest BCUT2D eigenvalue weighted by molar-refractivity contribution is -0.140. The van der Waals surface area contributed by atoms with E-state index in [0.29, 0.717) is 49.5 Å². The van der Waals surface area contributed by atoms with Gasteiger partial charge in [-0.05, 0) is 29.6 Å². The molecule has 33 heavy (non-hydrogen) atoms. The summed E-state index contributed by atoms with van der Waals surface area (Å²) in [7, 11) is 0. The number of hydrogen-bond acceptors (Lipinski definition) is 8. The fourth-order valence-electron chi connectivity index (χ4n) is 3.88. The maximum absolute atomic E-state index is 14.3. The quantitative estimate of drug-likeness (QED) is 0.566. The summed E-state index contributed by atoms with van der Waals surface area (Å²) in [6, 6.07) is 4.52. The molecule has 0 unspecified atom stereocenters. The maximum Gasteiger partial charge on any atom is 0.266 e. The van der Waals surface area contributed by atoms with Crippen LogP contribution in [0.2, 0.25) is 0 Å². The van der Waals surface area contributed by atoms with Gasteiger partial charge in [0.1, 0.15) is 18.2 Å². The summed E-state index contributed by atoms with van der Waals surface area (Å²) in [4.78, 5) is 20.1. The number of carbonyl (C=O) groups excluding carboxylic acids is 1. The number of amides is 1. The fraction of sp³-hybridized carbons (Fsp3) is 0.609. The summed E-state index contributed by atoms with van der Waals surface area (Å²) in [5, 5.41) is 13.3. The van der Waals surface area contributed by atoms with Crippen LogP contribution in [0.4, 0.5) is 10.3 Å². The van der Waals surface area contributed by atoms with Crippen molar-refractivity contribution in [2.45, 2.75) is 51.2 Å². The molecule has 1 aromatic carbocycles. The molecule has 4 rings (SSSR count). The van der Waals surface area contributed by atoms with Crippen molar-refractivity contribution in [2.75, 3.05) is 44.3 Å². The Morgan fingerprint density at radius 1 is 1.27 bits per heavy atom. The van der Waals surface area contributed by atoms with E-state index in [1.165, 1.54) is 11.0 Å². The van der Waals surface area contributed by atoms with Gasteiger partial charge >= 0.3 is 0 Å². The van der Waals surface area contributed by atoms with E-state index < -0.39 is 11.9 Å². The maximum atomic E-state index is 14.3. The summed E-state index contributed by atoms with van der Waals surface area (Å²) in [5.74, 6) is 1.23.